The van der Waals surface area contributed by atoms with E-state index in [1.54, 1.807) is 14.2 Å². The third-order valence-electron chi connectivity index (χ3n) is 5.56. The Balaban J connectivity index is 1.48. The van der Waals surface area contributed by atoms with Crippen LogP contribution in [0.1, 0.15) is 20.9 Å². The molecule has 1 fully saturated rings. The number of anilines is 1. The lowest BCUT2D eigenvalue weighted by atomic mass is 10.2. The van der Waals surface area contributed by atoms with Crippen LogP contribution in [0.3, 0.4) is 0 Å². The summed E-state index contributed by atoms with van der Waals surface area (Å²) in [6, 6.07) is 14.2. The van der Waals surface area contributed by atoms with Crippen LogP contribution < -0.4 is 14.4 Å². The Morgan fingerprint density at radius 2 is 1.71 bits per heavy atom. The number of hydrogen-bond donors (Lipinski definition) is 0. The van der Waals surface area contributed by atoms with Crippen LogP contribution in [0, 0.1) is 13.8 Å². The molecule has 0 aliphatic carbocycles. The standard InChI is InChI=1S/C24H27N3O3S/c1-16-6-5-7-19(14-16)26-10-12-27(13-11-26)24(28)22-17(2)25-23(31-22)18-8-9-20(29-3)21(15-18)30-4/h5-9,14-15H,10-13H2,1-4H3. The van der Waals surface area contributed by atoms with Crippen LogP contribution in [0.4, 0.5) is 5.69 Å². The number of methoxy groups -OCH3 is 2. The summed E-state index contributed by atoms with van der Waals surface area (Å²) in [4.78, 5) is 22.9. The van der Waals surface area contributed by atoms with Crippen molar-refractivity contribution in [1.82, 2.24) is 9.88 Å². The van der Waals surface area contributed by atoms with Crippen LogP contribution in [-0.4, -0.2) is 56.2 Å². The molecule has 1 amide bonds. The monoisotopic (exact) mass is 437 g/mol. The molecule has 0 atom stereocenters. The number of carbonyl (C=O) groups excluding carboxylic acids is 1. The molecule has 0 radical (unpaired) electrons. The fourth-order valence-electron chi connectivity index (χ4n) is 3.82. The van der Waals surface area contributed by atoms with Gasteiger partial charge >= 0.3 is 0 Å². The lowest BCUT2D eigenvalue weighted by Crippen LogP contribution is -2.48. The number of amides is 1. The lowest BCUT2D eigenvalue weighted by Gasteiger charge is -2.36. The van der Waals surface area contributed by atoms with Gasteiger partial charge in [0.25, 0.3) is 5.91 Å². The molecule has 1 aliphatic heterocycles. The summed E-state index contributed by atoms with van der Waals surface area (Å²) < 4.78 is 10.7. The van der Waals surface area contributed by atoms with Gasteiger partial charge in [-0.2, -0.15) is 0 Å². The normalized spacial score (nSPS) is 13.9. The summed E-state index contributed by atoms with van der Waals surface area (Å²) in [5, 5.41) is 0.806. The van der Waals surface area contributed by atoms with Gasteiger partial charge in [0.1, 0.15) is 9.88 Å². The first-order chi connectivity index (χ1) is 15.0. The summed E-state index contributed by atoms with van der Waals surface area (Å²) >= 11 is 1.43. The van der Waals surface area contributed by atoms with E-state index in [9.17, 15) is 4.79 Å². The van der Waals surface area contributed by atoms with Gasteiger partial charge in [-0.25, -0.2) is 4.98 Å². The molecule has 31 heavy (non-hydrogen) atoms. The van der Waals surface area contributed by atoms with Crippen LogP contribution in [0.2, 0.25) is 0 Å². The second kappa shape index (κ2) is 8.98. The van der Waals surface area contributed by atoms with Crippen molar-refractivity contribution >= 4 is 22.9 Å². The van der Waals surface area contributed by atoms with Gasteiger partial charge in [-0.05, 0) is 49.7 Å². The molecule has 0 unspecified atom stereocenters. The number of piperazine rings is 1. The maximum absolute atomic E-state index is 13.2. The highest BCUT2D eigenvalue weighted by atomic mass is 32.1. The van der Waals surface area contributed by atoms with Gasteiger partial charge in [-0.15, -0.1) is 11.3 Å². The quantitative estimate of drug-likeness (QED) is 0.592. The van der Waals surface area contributed by atoms with Crippen LogP contribution in [0.25, 0.3) is 10.6 Å². The van der Waals surface area contributed by atoms with Gasteiger partial charge in [0.15, 0.2) is 11.5 Å². The Morgan fingerprint density at radius 3 is 2.39 bits per heavy atom. The summed E-state index contributed by atoms with van der Waals surface area (Å²) in [5.41, 5.74) is 4.14. The molecule has 6 nitrogen and oxygen atoms in total. The molecule has 162 valence electrons. The zero-order valence-corrected chi connectivity index (χ0v) is 19.2. The first-order valence-corrected chi connectivity index (χ1v) is 11.1. The Bertz CT molecular complexity index is 1090. The number of ether oxygens (including phenoxy) is 2. The highest BCUT2D eigenvalue weighted by Gasteiger charge is 2.26. The molecule has 1 saturated heterocycles. The molecule has 7 heteroatoms. The Morgan fingerprint density at radius 1 is 0.968 bits per heavy atom. The van der Waals surface area contributed by atoms with E-state index in [0.717, 1.165) is 29.4 Å². The summed E-state index contributed by atoms with van der Waals surface area (Å²) in [6.45, 7) is 7.07. The number of aromatic nitrogens is 1. The third kappa shape index (κ3) is 4.37. The topological polar surface area (TPSA) is 54.9 Å². The smallest absolute Gasteiger partial charge is 0.265 e. The number of aryl methyl sites for hydroxylation is 2. The highest BCUT2D eigenvalue weighted by Crippen LogP contribution is 2.35. The van der Waals surface area contributed by atoms with Crippen molar-refractivity contribution in [1.29, 1.82) is 0 Å². The lowest BCUT2D eigenvalue weighted by molar-refractivity contribution is 0.0750. The summed E-state index contributed by atoms with van der Waals surface area (Å²) in [7, 11) is 3.22. The maximum Gasteiger partial charge on any atom is 0.265 e. The second-order valence-corrected chi connectivity index (χ2v) is 8.62. The van der Waals surface area contributed by atoms with Gasteiger partial charge in [0.2, 0.25) is 0 Å². The number of carbonyl (C=O) groups is 1. The second-order valence-electron chi connectivity index (χ2n) is 7.62. The van der Waals surface area contributed by atoms with Gasteiger partial charge in [0, 0.05) is 37.4 Å². The van der Waals surface area contributed by atoms with Crippen molar-refractivity contribution in [2.75, 3.05) is 45.3 Å². The molecule has 0 spiro atoms. The molecule has 2 heterocycles. The fraction of sp³-hybridized carbons (Fsp3) is 0.333. The van der Waals surface area contributed by atoms with Crippen LogP contribution in [0.5, 0.6) is 11.5 Å². The Hall–Kier alpha value is -3.06. The number of nitrogens with zero attached hydrogens (tertiary/aromatic N) is 3. The van der Waals surface area contributed by atoms with Crippen molar-refractivity contribution in [3.8, 4) is 22.1 Å². The van der Waals surface area contributed by atoms with Crippen molar-refractivity contribution in [2.24, 2.45) is 0 Å². The maximum atomic E-state index is 13.2. The minimum atomic E-state index is 0.0608. The predicted octanol–water partition coefficient (Wildman–Crippen LogP) is 4.41. The molecule has 0 saturated carbocycles. The molecule has 4 rings (SSSR count). The van der Waals surface area contributed by atoms with Crippen LogP contribution in [0.15, 0.2) is 42.5 Å². The van der Waals surface area contributed by atoms with Gasteiger partial charge in [0.05, 0.1) is 19.9 Å². The van der Waals surface area contributed by atoms with E-state index in [1.807, 2.05) is 30.0 Å². The van der Waals surface area contributed by atoms with E-state index in [2.05, 4.69) is 41.1 Å². The number of hydrogen-bond acceptors (Lipinski definition) is 6. The Kier molecular flexibility index (Phi) is 6.13. The minimum absolute atomic E-state index is 0.0608. The fourth-order valence-corrected chi connectivity index (χ4v) is 4.85. The molecule has 1 aromatic heterocycles. The molecule has 2 aromatic carbocycles. The van der Waals surface area contributed by atoms with E-state index in [-0.39, 0.29) is 5.91 Å². The first-order valence-electron chi connectivity index (χ1n) is 10.3. The number of benzene rings is 2. The zero-order chi connectivity index (χ0) is 22.0. The Labute approximate surface area is 187 Å². The number of thiazole rings is 1. The van der Waals surface area contributed by atoms with Crippen molar-refractivity contribution in [2.45, 2.75) is 13.8 Å². The van der Waals surface area contributed by atoms with Gasteiger partial charge in [-0.1, -0.05) is 12.1 Å². The van der Waals surface area contributed by atoms with Crippen LogP contribution >= 0.6 is 11.3 Å². The molecule has 0 N–H and O–H groups in total. The van der Waals surface area contributed by atoms with Gasteiger partial charge in [-0.3, -0.25) is 4.79 Å². The molecular weight excluding hydrogens is 410 g/mol. The minimum Gasteiger partial charge on any atom is -0.493 e. The summed E-state index contributed by atoms with van der Waals surface area (Å²) in [5.74, 6) is 1.38. The predicted molar refractivity (Wildman–Crippen MR) is 125 cm³/mol. The average Bonchev–Trinajstić information content (AvgIpc) is 3.19. The number of rotatable bonds is 5. The van der Waals surface area contributed by atoms with E-state index in [4.69, 9.17) is 9.47 Å². The van der Waals surface area contributed by atoms with Gasteiger partial charge < -0.3 is 19.3 Å². The third-order valence-corrected chi connectivity index (χ3v) is 6.75. The van der Waals surface area contributed by atoms with E-state index in [1.165, 1.54) is 22.6 Å². The molecule has 3 aromatic rings. The van der Waals surface area contributed by atoms with E-state index < -0.39 is 0 Å². The molecule has 0 bridgehead atoms. The van der Waals surface area contributed by atoms with Crippen molar-refractivity contribution in [3.63, 3.8) is 0 Å². The van der Waals surface area contributed by atoms with Crippen molar-refractivity contribution in [3.05, 3.63) is 58.6 Å². The van der Waals surface area contributed by atoms with Crippen LogP contribution in [-0.2, 0) is 0 Å². The highest BCUT2D eigenvalue weighted by molar-refractivity contribution is 7.17. The SMILES string of the molecule is COc1ccc(-c2nc(C)c(C(=O)N3CCN(c4cccc(C)c4)CC3)s2)cc1OC. The first kappa shape index (κ1) is 21.2. The molecular formula is C24H27N3O3S. The van der Waals surface area contributed by atoms with E-state index >= 15 is 0 Å². The molecule has 1 aliphatic rings. The van der Waals surface area contributed by atoms with E-state index in [0.29, 0.717) is 29.5 Å². The average molecular weight is 438 g/mol. The zero-order valence-electron chi connectivity index (χ0n) is 18.3. The largest absolute Gasteiger partial charge is 0.493 e. The van der Waals surface area contributed by atoms with Crippen molar-refractivity contribution < 1.29 is 14.3 Å². The summed E-state index contributed by atoms with van der Waals surface area (Å²) in [6.07, 6.45) is 0.